The van der Waals surface area contributed by atoms with E-state index in [9.17, 15) is 10.1 Å². The molecule has 1 aromatic carbocycles. The number of anilines is 1. The van der Waals surface area contributed by atoms with E-state index in [1.807, 2.05) is 24.3 Å². The van der Waals surface area contributed by atoms with E-state index in [-0.39, 0.29) is 23.7 Å². The minimum absolute atomic E-state index is 0.0485. The van der Waals surface area contributed by atoms with Gasteiger partial charge in [-0.3, -0.25) is 10.1 Å². The van der Waals surface area contributed by atoms with E-state index in [0.717, 1.165) is 17.3 Å². The van der Waals surface area contributed by atoms with Crippen molar-refractivity contribution in [1.29, 1.82) is 5.26 Å². The molecule has 0 aliphatic rings. The van der Waals surface area contributed by atoms with Gasteiger partial charge in [-0.15, -0.1) is 0 Å². The third-order valence-corrected chi connectivity index (χ3v) is 2.84. The number of aliphatic hydroxyl groups excluding tert-OH is 1. The van der Waals surface area contributed by atoms with Crippen LogP contribution in [0, 0.1) is 21.4 Å². The molecule has 21 heavy (non-hydrogen) atoms. The molecule has 2 N–H and O–H groups in total. The summed E-state index contributed by atoms with van der Waals surface area (Å²) in [7, 11) is 0. The summed E-state index contributed by atoms with van der Waals surface area (Å²) in [5, 5.41) is 31.7. The fourth-order valence-electron chi connectivity index (χ4n) is 1.80. The summed E-state index contributed by atoms with van der Waals surface area (Å²) in [6, 6.07) is 10.4. The van der Waals surface area contributed by atoms with Crippen LogP contribution in [0.4, 0.5) is 11.5 Å². The van der Waals surface area contributed by atoms with Gasteiger partial charge in [-0.05, 0) is 11.1 Å². The number of nitriles is 1. The summed E-state index contributed by atoms with van der Waals surface area (Å²) in [5.74, 6) is 0.289. The lowest BCUT2D eigenvalue weighted by molar-refractivity contribution is -0.385. The highest BCUT2D eigenvalue weighted by Crippen LogP contribution is 2.19. The smallest absolute Gasteiger partial charge is 0.289 e. The molecule has 7 nitrogen and oxygen atoms in total. The summed E-state index contributed by atoms with van der Waals surface area (Å²) in [4.78, 5) is 14.0. The quantitative estimate of drug-likeness (QED) is 0.641. The standard InChI is InChI=1S/C14H12N4O3/c15-6-12-5-13(18(20)21)8-17-14(12)16-7-10-2-1-3-11(4-10)9-19/h1-5,8,19H,7,9H2,(H,16,17). The highest BCUT2D eigenvalue weighted by Gasteiger charge is 2.11. The van der Waals surface area contributed by atoms with Crippen LogP contribution in [0.25, 0.3) is 0 Å². The molecule has 2 rings (SSSR count). The zero-order chi connectivity index (χ0) is 15.2. The van der Waals surface area contributed by atoms with Crippen LogP contribution in [-0.2, 0) is 13.2 Å². The van der Waals surface area contributed by atoms with Crippen LogP contribution in [0.5, 0.6) is 0 Å². The molecule has 0 saturated heterocycles. The molecule has 0 unspecified atom stereocenters. The van der Waals surface area contributed by atoms with Crippen molar-refractivity contribution >= 4 is 11.5 Å². The molecule has 0 atom stereocenters. The molecular formula is C14H12N4O3. The van der Waals surface area contributed by atoms with Crippen molar-refractivity contribution in [2.45, 2.75) is 13.2 Å². The average molecular weight is 284 g/mol. The number of pyridine rings is 1. The van der Waals surface area contributed by atoms with Crippen molar-refractivity contribution in [3.05, 3.63) is 63.3 Å². The van der Waals surface area contributed by atoms with E-state index in [1.165, 1.54) is 6.07 Å². The van der Waals surface area contributed by atoms with E-state index in [4.69, 9.17) is 10.4 Å². The maximum atomic E-state index is 10.6. The topological polar surface area (TPSA) is 112 Å². The number of aromatic nitrogens is 1. The Morgan fingerprint density at radius 3 is 2.81 bits per heavy atom. The van der Waals surface area contributed by atoms with Crippen molar-refractivity contribution in [3.8, 4) is 6.07 Å². The molecule has 0 aliphatic heterocycles. The predicted octanol–water partition coefficient (Wildman–Crippen LogP) is 1.97. The molecular weight excluding hydrogens is 272 g/mol. The highest BCUT2D eigenvalue weighted by molar-refractivity contribution is 5.55. The Labute approximate surface area is 120 Å². The van der Waals surface area contributed by atoms with Gasteiger partial charge in [-0.1, -0.05) is 24.3 Å². The van der Waals surface area contributed by atoms with E-state index < -0.39 is 4.92 Å². The first-order chi connectivity index (χ1) is 10.1. The van der Waals surface area contributed by atoms with Gasteiger partial charge in [0.1, 0.15) is 23.6 Å². The number of benzene rings is 1. The summed E-state index contributed by atoms with van der Waals surface area (Å²) >= 11 is 0. The van der Waals surface area contributed by atoms with Gasteiger partial charge in [0, 0.05) is 12.6 Å². The van der Waals surface area contributed by atoms with Gasteiger partial charge >= 0.3 is 0 Å². The number of rotatable bonds is 5. The van der Waals surface area contributed by atoms with Gasteiger partial charge in [0.15, 0.2) is 0 Å². The van der Waals surface area contributed by atoms with Gasteiger partial charge < -0.3 is 10.4 Å². The maximum absolute atomic E-state index is 10.6. The minimum atomic E-state index is -0.595. The van der Waals surface area contributed by atoms with E-state index >= 15 is 0 Å². The Kier molecular flexibility index (Phi) is 4.43. The monoisotopic (exact) mass is 284 g/mol. The number of hydrogen-bond acceptors (Lipinski definition) is 6. The average Bonchev–Trinajstić information content (AvgIpc) is 2.52. The molecule has 1 aromatic heterocycles. The van der Waals surface area contributed by atoms with Crippen molar-refractivity contribution in [2.75, 3.05) is 5.32 Å². The fraction of sp³-hybridized carbons (Fsp3) is 0.143. The van der Waals surface area contributed by atoms with Gasteiger partial charge in [-0.25, -0.2) is 4.98 Å². The van der Waals surface area contributed by atoms with Crippen LogP contribution in [-0.4, -0.2) is 15.0 Å². The van der Waals surface area contributed by atoms with Gasteiger partial charge in [0.2, 0.25) is 0 Å². The molecule has 2 aromatic rings. The van der Waals surface area contributed by atoms with Crippen molar-refractivity contribution in [3.63, 3.8) is 0 Å². The lowest BCUT2D eigenvalue weighted by Gasteiger charge is -2.08. The summed E-state index contributed by atoms with van der Waals surface area (Å²) in [6.07, 6.45) is 1.10. The number of nitrogens with zero attached hydrogens (tertiary/aromatic N) is 3. The molecule has 0 bridgehead atoms. The lowest BCUT2D eigenvalue weighted by Crippen LogP contribution is -2.04. The Balaban J connectivity index is 2.16. The Morgan fingerprint density at radius 2 is 2.14 bits per heavy atom. The maximum Gasteiger partial charge on any atom is 0.289 e. The summed E-state index contributed by atoms with van der Waals surface area (Å²) in [5.41, 5.74) is 1.58. The number of aliphatic hydroxyl groups is 1. The minimum Gasteiger partial charge on any atom is -0.392 e. The summed E-state index contributed by atoms with van der Waals surface area (Å²) < 4.78 is 0. The number of nitro groups is 1. The molecule has 0 amide bonds. The summed E-state index contributed by atoms with van der Waals surface area (Å²) in [6.45, 7) is 0.348. The molecule has 0 fully saturated rings. The van der Waals surface area contributed by atoms with E-state index in [2.05, 4.69) is 10.3 Å². The molecule has 0 aliphatic carbocycles. The molecule has 106 valence electrons. The highest BCUT2D eigenvalue weighted by atomic mass is 16.6. The molecule has 0 saturated carbocycles. The third kappa shape index (κ3) is 3.52. The van der Waals surface area contributed by atoms with Crippen LogP contribution in [0.3, 0.4) is 0 Å². The molecule has 1 heterocycles. The Hall–Kier alpha value is -2.98. The second kappa shape index (κ2) is 6.45. The van der Waals surface area contributed by atoms with Gasteiger partial charge in [0.05, 0.1) is 11.5 Å². The normalized spacial score (nSPS) is 9.90. The lowest BCUT2D eigenvalue weighted by atomic mass is 10.1. The molecule has 0 radical (unpaired) electrons. The van der Waals surface area contributed by atoms with Crippen molar-refractivity contribution in [2.24, 2.45) is 0 Å². The van der Waals surface area contributed by atoms with Gasteiger partial charge in [0.25, 0.3) is 5.69 Å². The van der Waals surface area contributed by atoms with Crippen LogP contribution in [0.1, 0.15) is 16.7 Å². The number of hydrogen-bond donors (Lipinski definition) is 2. The van der Waals surface area contributed by atoms with Crippen molar-refractivity contribution < 1.29 is 10.0 Å². The third-order valence-electron chi connectivity index (χ3n) is 2.84. The zero-order valence-corrected chi connectivity index (χ0v) is 11.0. The van der Waals surface area contributed by atoms with E-state index in [1.54, 1.807) is 6.07 Å². The first-order valence-corrected chi connectivity index (χ1v) is 6.11. The van der Waals surface area contributed by atoms with Crippen molar-refractivity contribution in [1.82, 2.24) is 4.98 Å². The first-order valence-electron chi connectivity index (χ1n) is 6.11. The largest absolute Gasteiger partial charge is 0.392 e. The van der Waals surface area contributed by atoms with Crippen LogP contribution in [0.15, 0.2) is 36.5 Å². The fourth-order valence-corrected chi connectivity index (χ4v) is 1.80. The first kappa shape index (κ1) is 14.4. The Morgan fingerprint density at radius 1 is 1.38 bits per heavy atom. The zero-order valence-electron chi connectivity index (χ0n) is 11.0. The molecule has 7 heteroatoms. The SMILES string of the molecule is N#Cc1cc([N+](=O)[O-])cnc1NCc1cccc(CO)c1. The van der Waals surface area contributed by atoms with Crippen LogP contribution >= 0.6 is 0 Å². The molecule has 0 spiro atoms. The van der Waals surface area contributed by atoms with Crippen LogP contribution in [0.2, 0.25) is 0 Å². The number of nitrogens with one attached hydrogen (secondary N) is 1. The second-order valence-corrected chi connectivity index (χ2v) is 4.29. The Bertz CT molecular complexity index is 710. The van der Waals surface area contributed by atoms with Crippen LogP contribution < -0.4 is 5.32 Å². The van der Waals surface area contributed by atoms with Gasteiger partial charge in [-0.2, -0.15) is 5.26 Å². The second-order valence-electron chi connectivity index (χ2n) is 4.29. The predicted molar refractivity (Wildman–Crippen MR) is 75.3 cm³/mol. The van der Waals surface area contributed by atoms with E-state index in [0.29, 0.717) is 6.54 Å².